The van der Waals surface area contributed by atoms with Crippen molar-refractivity contribution in [3.63, 3.8) is 0 Å². The van der Waals surface area contributed by atoms with Gasteiger partial charge in [-0.05, 0) is 53.7 Å². The standard InChI is InChI=1S/C18H18BrClFN3O/c19-11-9-22-23(10-11)14-6-12-4-5-13(7-14)24(12)18(25)8-15-16(20)2-1-3-17(15)21/h1-3,9-10,12-14H,4-8H2. The first kappa shape index (κ1) is 17.0. The van der Waals surface area contributed by atoms with E-state index in [1.54, 1.807) is 18.3 Å². The number of carbonyl (C=O) groups is 1. The van der Waals surface area contributed by atoms with Crippen molar-refractivity contribution in [2.45, 2.75) is 50.2 Å². The summed E-state index contributed by atoms with van der Waals surface area (Å²) in [6.45, 7) is 0. The number of amides is 1. The molecule has 2 unspecified atom stereocenters. The minimum atomic E-state index is -0.413. The Morgan fingerprint density at radius 1 is 1.28 bits per heavy atom. The van der Waals surface area contributed by atoms with Crippen LogP contribution in [0.1, 0.15) is 37.3 Å². The summed E-state index contributed by atoms with van der Waals surface area (Å²) in [4.78, 5) is 14.8. The quantitative estimate of drug-likeness (QED) is 0.731. The molecule has 0 saturated carbocycles. The third-order valence-corrected chi connectivity index (χ3v) is 6.09. The third-order valence-electron chi connectivity index (χ3n) is 5.33. The van der Waals surface area contributed by atoms with Gasteiger partial charge in [-0.1, -0.05) is 17.7 Å². The van der Waals surface area contributed by atoms with Gasteiger partial charge < -0.3 is 4.90 Å². The number of nitrogens with zero attached hydrogens (tertiary/aromatic N) is 3. The maximum atomic E-state index is 14.0. The van der Waals surface area contributed by atoms with Crippen molar-refractivity contribution in [2.24, 2.45) is 0 Å². The minimum Gasteiger partial charge on any atom is -0.336 e. The predicted octanol–water partition coefficient (Wildman–Crippen LogP) is 4.38. The average Bonchev–Trinajstić information content (AvgIpc) is 3.12. The van der Waals surface area contributed by atoms with E-state index in [2.05, 4.69) is 21.0 Å². The van der Waals surface area contributed by atoms with Gasteiger partial charge in [-0.25, -0.2) is 4.39 Å². The van der Waals surface area contributed by atoms with Crippen LogP contribution >= 0.6 is 27.5 Å². The van der Waals surface area contributed by atoms with Crippen LogP contribution in [0.4, 0.5) is 4.39 Å². The number of aromatic nitrogens is 2. The lowest BCUT2D eigenvalue weighted by Crippen LogP contribution is -2.47. The van der Waals surface area contributed by atoms with Crippen LogP contribution in [0.2, 0.25) is 5.02 Å². The highest BCUT2D eigenvalue weighted by atomic mass is 79.9. The van der Waals surface area contributed by atoms with E-state index < -0.39 is 5.82 Å². The minimum absolute atomic E-state index is 0.0243. The lowest BCUT2D eigenvalue weighted by atomic mass is 9.96. The molecule has 0 radical (unpaired) electrons. The Labute approximate surface area is 159 Å². The van der Waals surface area contributed by atoms with E-state index >= 15 is 0 Å². The fourth-order valence-corrected chi connectivity index (χ4v) is 4.76. The smallest absolute Gasteiger partial charge is 0.227 e. The molecule has 2 atom stereocenters. The largest absolute Gasteiger partial charge is 0.336 e. The molecule has 0 spiro atoms. The Bertz CT molecular complexity index is 777. The normalized spacial score (nSPS) is 25.4. The van der Waals surface area contributed by atoms with Crippen LogP contribution in [0, 0.1) is 5.82 Å². The van der Waals surface area contributed by atoms with Gasteiger partial charge in [0.25, 0.3) is 0 Å². The van der Waals surface area contributed by atoms with Crippen LogP contribution in [-0.2, 0) is 11.2 Å². The van der Waals surface area contributed by atoms with Gasteiger partial charge in [-0.15, -0.1) is 0 Å². The Balaban J connectivity index is 1.50. The molecule has 2 aromatic rings. The van der Waals surface area contributed by atoms with Crippen LogP contribution in [0.15, 0.2) is 35.1 Å². The lowest BCUT2D eigenvalue weighted by Gasteiger charge is -2.39. The summed E-state index contributed by atoms with van der Waals surface area (Å²) >= 11 is 9.51. The number of piperidine rings is 1. The second-order valence-corrected chi connectivity index (χ2v) is 8.15. The molecule has 0 aliphatic carbocycles. The molecule has 4 nitrogen and oxygen atoms in total. The predicted molar refractivity (Wildman–Crippen MR) is 97.0 cm³/mol. The maximum absolute atomic E-state index is 14.0. The van der Waals surface area contributed by atoms with Crippen molar-refractivity contribution >= 4 is 33.4 Å². The zero-order valence-electron chi connectivity index (χ0n) is 13.5. The second-order valence-electron chi connectivity index (χ2n) is 6.83. The van der Waals surface area contributed by atoms with Gasteiger partial charge >= 0.3 is 0 Å². The molecule has 0 N–H and O–H groups in total. The Hall–Kier alpha value is -1.40. The number of hydrogen-bond acceptors (Lipinski definition) is 2. The molecule has 2 aliphatic heterocycles. The summed E-state index contributed by atoms with van der Waals surface area (Å²) in [5.74, 6) is -0.441. The molecule has 1 aromatic carbocycles. The molecule has 132 valence electrons. The van der Waals surface area contributed by atoms with Crippen LogP contribution in [0.5, 0.6) is 0 Å². The molecule has 2 aliphatic rings. The van der Waals surface area contributed by atoms with Gasteiger partial charge in [0, 0.05) is 28.9 Å². The van der Waals surface area contributed by atoms with Crippen molar-refractivity contribution in [3.8, 4) is 0 Å². The zero-order chi connectivity index (χ0) is 17.6. The summed E-state index contributed by atoms with van der Waals surface area (Å²) in [5, 5.41) is 4.71. The number of rotatable bonds is 3. The monoisotopic (exact) mass is 425 g/mol. The van der Waals surface area contributed by atoms with E-state index in [0.29, 0.717) is 16.6 Å². The molecule has 2 fully saturated rings. The van der Waals surface area contributed by atoms with Crippen LogP contribution in [-0.4, -0.2) is 32.7 Å². The fourth-order valence-electron chi connectivity index (χ4n) is 4.23. The Morgan fingerprint density at radius 2 is 2.00 bits per heavy atom. The van der Waals surface area contributed by atoms with Crippen LogP contribution in [0.25, 0.3) is 0 Å². The molecular formula is C18H18BrClFN3O. The van der Waals surface area contributed by atoms with Crippen LogP contribution in [0.3, 0.4) is 0 Å². The first-order valence-corrected chi connectivity index (χ1v) is 9.63. The van der Waals surface area contributed by atoms with Crippen molar-refractivity contribution in [3.05, 3.63) is 51.5 Å². The third kappa shape index (κ3) is 3.22. The van der Waals surface area contributed by atoms with Crippen LogP contribution < -0.4 is 0 Å². The van der Waals surface area contributed by atoms with Gasteiger partial charge in [0.2, 0.25) is 5.91 Å². The highest BCUT2D eigenvalue weighted by molar-refractivity contribution is 9.10. The number of halogens is 3. The number of hydrogen-bond donors (Lipinski definition) is 0. The van der Waals surface area contributed by atoms with E-state index in [0.717, 1.165) is 30.2 Å². The number of carbonyl (C=O) groups excluding carboxylic acids is 1. The van der Waals surface area contributed by atoms with Gasteiger partial charge in [0.1, 0.15) is 5.82 Å². The Kier molecular flexibility index (Phi) is 4.58. The van der Waals surface area contributed by atoms with Gasteiger partial charge in [-0.2, -0.15) is 5.10 Å². The Morgan fingerprint density at radius 3 is 2.60 bits per heavy atom. The maximum Gasteiger partial charge on any atom is 0.227 e. The topological polar surface area (TPSA) is 38.1 Å². The van der Waals surface area contributed by atoms with Crippen molar-refractivity contribution in [1.82, 2.24) is 14.7 Å². The summed E-state index contributed by atoms with van der Waals surface area (Å²) in [7, 11) is 0. The highest BCUT2D eigenvalue weighted by Crippen LogP contribution is 2.41. The molecule has 7 heteroatoms. The van der Waals surface area contributed by atoms with E-state index in [4.69, 9.17) is 11.6 Å². The summed E-state index contributed by atoms with van der Waals surface area (Å²) in [6, 6.07) is 5.25. The zero-order valence-corrected chi connectivity index (χ0v) is 15.9. The van der Waals surface area contributed by atoms with E-state index in [-0.39, 0.29) is 24.4 Å². The molecule has 2 bridgehead atoms. The summed E-state index contributed by atoms with van der Waals surface area (Å²) in [5.41, 5.74) is 0.298. The van der Waals surface area contributed by atoms with Gasteiger partial charge in [0.05, 0.1) is 23.1 Å². The number of fused-ring (bicyclic) bond motifs is 2. The first-order valence-electron chi connectivity index (χ1n) is 8.46. The van der Waals surface area contributed by atoms with E-state index in [1.165, 1.54) is 6.07 Å². The van der Waals surface area contributed by atoms with Crippen molar-refractivity contribution < 1.29 is 9.18 Å². The highest BCUT2D eigenvalue weighted by Gasteiger charge is 2.43. The molecule has 1 aromatic heterocycles. The molecule has 1 amide bonds. The van der Waals surface area contributed by atoms with Crippen molar-refractivity contribution in [2.75, 3.05) is 0 Å². The van der Waals surface area contributed by atoms with E-state index in [1.807, 2.05) is 15.8 Å². The van der Waals surface area contributed by atoms with E-state index in [9.17, 15) is 9.18 Å². The second kappa shape index (κ2) is 6.72. The molecule has 25 heavy (non-hydrogen) atoms. The molecule has 3 heterocycles. The molecular weight excluding hydrogens is 409 g/mol. The first-order chi connectivity index (χ1) is 12.0. The van der Waals surface area contributed by atoms with Crippen molar-refractivity contribution in [1.29, 1.82) is 0 Å². The van der Waals surface area contributed by atoms with Gasteiger partial charge in [-0.3, -0.25) is 9.48 Å². The molecule has 4 rings (SSSR count). The lowest BCUT2D eigenvalue weighted by molar-refractivity contribution is -0.135. The SMILES string of the molecule is O=C(Cc1c(F)cccc1Cl)N1C2CCC1CC(n1cc(Br)cn1)C2. The average molecular weight is 427 g/mol. The molecule has 2 saturated heterocycles. The summed E-state index contributed by atoms with van der Waals surface area (Å²) < 4.78 is 17.0. The summed E-state index contributed by atoms with van der Waals surface area (Å²) in [6.07, 6.45) is 7.58. The number of benzene rings is 1. The fraction of sp³-hybridized carbons (Fsp3) is 0.444. The van der Waals surface area contributed by atoms with Gasteiger partial charge in [0.15, 0.2) is 0 Å².